The Morgan fingerprint density at radius 2 is 2.00 bits per heavy atom. The Morgan fingerprint density at radius 3 is 2.62 bits per heavy atom. The van der Waals surface area contributed by atoms with Crippen molar-refractivity contribution in [3.05, 3.63) is 41.3 Å². The molecule has 21 heavy (non-hydrogen) atoms. The fourth-order valence-corrected chi connectivity index (χ4v) is 2.38. The van der Waals surface area contributed by atoms with Gasteiger partial charge >= 0.3 is 0 Å². The first-order valence-corrected chi connectivity index (χ1v) is 7.35. The SMILES string of the molecule is CCCn1nc(C)c(N)c1NC(C)Cc1ccc(F)cc1. The first-order chi connectivity index (χ1) is 10.0. The van der Waals surface area contributed by atoms with Crippen molar-refractivity contribution in [1.82, 2.24) is 9.78 Å². The molecule has 2 rings (SSSR count). The average molecular weight is 290 g/mol. The largest absolute Gasteiger partial charge is 0.394 e. The van der Waals surface area contributed by atoms with Gasteiger partial charge in [-0.2, -0.15) is 5.10 Å². The molecule has 0 aliphatic rings. The van der Waals surface area contributed by atoms with Crippen molar-refractivity contribution in [3.63, 3.8) is 0 Å². The second-order valence-electron chi connectivity index (χ2n) is 5.45. The van der Waals surface area contributed by atoms with Gasteiger partial charge in [0.1, 0.15) is 11.6 Å². The van der Waals surface area contributed by atoms with Gasteiger partial charge in [-0.15, -0.1) is 0 Å². The van der Waals surface area contributed by atoms with Gasteiger partial charge in [-0.25, -0.2) is 9.07 Å². The number of hydrogen-bond donors (Lipinski definition) is 2. The van der Waals surface area contributed by atoms with Gasteiger partial charge < -0.3 is 11.1 Å². The van der Waals surface area contributed by atoms with Crippen molar-refractivity contribution in [2.45, 2.75) is 46.2 Å². The Hall–Kier alpha value is -2.04. The van der Waals surface area contributed by atoms with Crippen LogP contribution in [0.5, 0.6) is 0 Å². The average Bonchev–Trinajstić information content (AvgIpc) is 2.70. The lowest BCUT2D eigenvalue weighted by atomic mass is 10.1. The maximum absolute atomic E-state index is 12.9. The number of rotatable bonds is 6. The summed E-state index contributed by atoms with van der Waals surface area (Å²) >= 11 is 0. The highest BCUT2D eigenvalue weighted by Gasteiger charge is 2.14. The summed E-state index contributed by atoms with van der Waals surface area (Å²) in [7, 11) is 0. The van der Waals surface area contributed by atoms with E-state index in [1.807, 2.05) is 23.7 Å². The number of hydrogen-bond acceptors (Lipinski definition) is 3. The first kappa shape index (κ1) is 15.4. The lowest BCUT2D eigenvalue weighted by Crippen LogP contribution is -2.21. The van der Waals surface area contributed by atoms with Crippen LogP contribution in [0.25, 0.3) is 0 Å². The molecule has 1 atom stereocenters. The number of halogens is 1. The molecular weight excluding hydrogens is 267 g/mol. The number of aromatic nitrogens is 2. The van der Waals surface area contributed by atoms with Crippen LogP contribution in [0.1, 0.15) is 31.5 Å². The molecule has 0 saturated carbocycles. The van der Waals surface area contributed by atoms with Crippen LogP contribution in [0, 0.1) is 12.7 Å². The van der Waals surface area contributed by atoms with Gasteiger partial charge in [-0.3, -0.25) is 0 Å². The third-order valence-corrected chi connectivity index (χ3v) is 3.45. The van der Waals surface area contributed by atoms with Crippen molar-refractivity contribution in [1.29, 1.82) is 0 Å². The summed E-state index contributed by atoms with van der Waals surface area (Å²) in [5, 5.41) is 7.88. The van der Waals surface area contributed by atoms with E-state index in [-0.39, 0.29) is 11.9 Å². The number of benzene rings is 1. The molecule has 0 bridgehead atoms. The molecule has 2 aromatic rings. The van der Waals surface area contributed by atoms with E-state index in [1.54, 1.807) is 0 Å². The van der Waals surface area contributed by atoms with Gasteiger partial charge in [0.25, 0.3) is 0 Å². The van der Waals surface area contributed by atoms with Crippen molar-refractivity contribution in [2.24, 2.45) is 0 Å². The van der Waals surface area contributed by atoms with Crippen LogP contribution >= 0.6 is 0 Å². The summed E-state index contributed by atoms with van der Waals surface area (Å²) in [6, 6.07) is 6.78. The maximum atomic E-state index is 12.9. The van der Waals surface area contributed by atoms with Crippen LogP contribution in [0.4, 0.5) is 15.9 Å². The monoisotopic (exact) mass is 290 g/mol. The van der Waals surface area contributed by atoms with E-state index in [0.29, 0.717) is 5.69 Å². The fourth-order valence-electron chi connectivity index (χ4n) is 2.38. The topological polar surface area (TPSA) is 55.9 Å². The van der Waals surface area contributed by atoms with Crippen molar-refractivity contribution in [2.75, 3.05) is 11.1 Å². The minimum atomic E-state index is -0.208. The highest BCUT2D eigenvalue weighted by molar-refractivity contribution is 5.65. The Morgan fingerprint density at radius 1 is 1.33 bits per heavy atom. The first-order valence-electron chi connectivity index (χ1n) is 7.35. The van der Waals surface area contributed by atoms with E-state index in [9.17, 15) is 4.39 Å². The quantitative estimate of drug-likeness (QED) is 0.857. The maximum Gasteiger partial charge on any atom is 0.148 e. The third-order valence-electron chi connectivity index (χ3n) is 3.45. The van der Waals surface area contributed by atoms with Gasteiger partial charge in [-0.1, -0.05) is 19.1 Å². The Labute approximate surface area is 125 Å². The molecule has 0 radical (unpaired) electrons. The molecule has 0 amide bonds. The van der Waals surface area contributed by atoms with Crippen molar-refractivity contribution >= 4 is 11.5 Å². The van der Waals surface area contributed by atoms with Crippen LogP contribution in [0.15, 0.2) is 24.3 Å². The Kier molecular flexibility index (Phi) is 4.83. The fraction of sp³-hybridized carbons (Fsp3) is 0.438. The number of nitrogens with zero attached hydrogens (tertiary/aromatic N) is 2. The zero-order valence-corrected chi connectivity index (χ0v) is 12.9. The van der Waals surface area contributed by atoms with Gasteiger partial charge in [0, 0.05) is 12.6 Å². The number of aryl methyl sites for hydroxylation is 2. The summed E-state index contributed by atoms with van der Waals surface area (Å²) in [5.41, 5.74) is 8.74. The number of nitrogens with one attached hydrogen (secondary N) is 1. The highest BCUT2D eigenvalue weighted by atomic mass is 19.1. The molecule has 3 N–H and O–H groups in total. The lowest BCUT2D eigenvalue weighted by molar-refractivity contribution is 0.597. The predicted octanol–water partition coefficient (Wildman–Crippen LogP) is 3.37. The molecule has 1 aromatic carbocycles. The number of anilines is 2. The molecule has 0 aliphatic carbocycles. The van der Waals surface area contributed by atoms with E-state index in [1.165, 1.54) is 12.1 Å². The van der Waals surface area contributed by atoms with Crippen LogP contribution in [0.2, 0.25) is 0 Å². The molecule has 1 aromatic heterocycles. The van der Waals surface area contributed by atoms with E-state index < -0.39 is 0 Å². The Bertz CT molecular complexity index is 589. The molecule has 5 heteroatoms. The zero-order valence-electron chi connectivity index (χ0n) is 12.9. The van der Waals surface area contributed by atoms with E-state index in [2.05, 4.69) is 24.3 Å². The number of nitrogen functional groups attached to an aromatic ring is 1. The molecule has 1 heterocycles. The predicted molar refractivity (Wildman–Crippen MR) is 84.9 cm³/mol. The van der Waals surface area contributed by atoms with Gasteiger partial charge in [0.15, 0.2) is 0 Å². The van der Waals surface area contributed by atoms with Crippen molar-refractivity contribution < 1.29 is 4.39 Å². The zero-order chi connectivity index (χ0) is 15.4. The normalized spacial score (nSPS) is 12.4. The summed E-state index contributed by atoms with van der Waals surface area (Å²) in [6.45, 7) is 6.95. The molecule has 0 spiro atoms. The highest BCUT2D eigenvalue weighted by Crippen LogP contribution is 2.23. The third kappa shape index (κ3) is 3.74. The van der Waals surface area contributed by atoms with Crippen LogP contribution in [-0.4, -0.2) is 15.8 Å². The summed E-state index contributed by atoms with van der Waals surface area (Å²) in [6.07, 6.45) is 1.80. The van der Waals surface area contributed by atoms with Crippen molar-refractivity contribution in [3.8, 4) is 0 Å². The second-order valence-corrected chi connectivity index (χ2v) is 5.45. The number of nitrogens with two attached hydrogens (primary N) is 1. The molecule has 0 fully saturated rings. The molecule has 0 aliphatic heterocycles. The van der Waals surface area contributed by atoms with Gasteiger partial charge in [-0.05, 0) is 44.4 Å². The van der Waals surface area contributed by atoms with Gasteiger partial charge in [0.2, 0.25) is 0 Å². The summed E-state index contributed by atoms with van der Waals surface area (Å²) in [5.74, 6) is 0.671. The van der Waals surface area contributed by atoms with Crippen LogP contribution in [0.3, 0.4) is 0 Å². The van der Waals surface area contributed by atoms with Crippen LogP contribution < -0.4 is 11.1 Å². The molecule has 114 valence electrons. The van der Waals surface area contributed by atoms with E-state index in [0.717, 1.165) is 36.5 Å². The molecular formula is C16H23FN4. The molecule has 4 nitrogen and oxygen atoms in total. The van der Waals surface area contributed by atoms with Gasteiger partial charge in [0.05, 0.1) is 11.4 Å². The minimum Gasteiger partial charge on any atom is -0.394 e. The standard InChI is InChI=1S/C16H23FN4/c1-4-9-21-16(15(18)12(3)20-21)19-11(2)10-13-5-7-14(17)8-6-13/h5-8,11,19H,4,9-10,18H2,1-3H3. The van der Waals surface area contributed by atoms with E-state index >= 15 is 0 Å². The van der Waals surface area contributed by atoms with E-state index in [4.69, 9.17) is 5.73 Å². The second kappa shape index (κ2) is 6.61. The minimum absolute atomic E-state index is 0.185. The smallest absolute Gasteiger partial charge is 0.148 e. The summed E-state index contributed by atoms with van der Waals surface area (Å²) < 4.78 is 14.8. The lowest BCUT2D eigenvalue weighted by Gasteiger charge is -2.17. The Balaban J connectivity index is 2.08. The van der Waals surface area contributed by atoms with Crippen LogP contribution in [-0.2, 0) is 13.0 Å². The summed E-state index contributed by atoms with van der Waals surface area (Å²) in [4.78, 5) is 0. The molecule has 1 unspecified atom stereocenters. The molecule has 0 saturated heterocycles.